The smallest absolute Gasteiger partial charge is 0.242 e. The van der Waals surface area contributed by atoms with Gasteiger partial charge in [-0.2, -0.15) is 0 Å². The summed E-state index contributed by atoms with van der Waals surface area (Å²) in [6.45, 7) is 8.61. The van der Waals surface area contributed by atoms with E-state index in [1.807, 2.05) is 27.7 Å². The van der Waals surface area contributed by atoms with Crippen LogP contribution in [0.5, 0.6) is 0 Å². The molecule has 5 heteroatoms. The molecule has 86 valence electrons. The molecule has 1 atom stereocenters. The molecule has 0 fully saturated rings. The number of nitrogens with one attached hydrogen (secondary N) is 2. The zero-order chi connectivity index (χ0) is 11.5. The maximum absolute atomic E-state index is 11.7. The van der Waals surface area contributed by atoms with Gasteiger partial charge in [0.25, 0.3) is 0 Å². The Labute approximate surface area is 95.3 Å². The fraction of sp³-hybridized carbons (Fsp3) is 0.800. The SMILES string of the molecule is CC(NC1=NCCS1)C(=O)NC(C)(C)C. The summed E-state index contributed by atoms with van der Waals surface area (Å²) in [5.74, 6) is 1.02. The first-order chi connectivity index (χ1) is 6.88. The Morgan fingerprint density at radius 1 is 1.53 bits per heavy atom. The van der Waals surface area contributed by atoms with E-state index in [2.05, 4.69) is 15.6 Å². The number of nitrogens with zero attached hydrogens (tertiary/aromatic N) is 1. The molecule has 1 unspecified atom stereocenters. The van der Waals surface area contributed by atoms with Crippen LogP contribution in [0.2, 0.25) is 0 Å². The molecular weight excluding hydrogens is 210 g/mol. The Morgan fingerprint density at radius 2 is 2.20 bits per heavy atom. The van der Waals surface area contributed by atoms with Crippen molar-refractivity contribution in [2.45, 2.75) is 39.3 Å². The van der Waals surface area contributed by atoms with Crippen molar-refractivity contribution in [2.24, 2.45) is 4.99 Å². The molecule has 15 heavy (non-hydrogen) atoms. The normalized spacial score (nSPS) is 18.3. The van der Waals surface area contributed by atoms with Crippen LogP contribution < -0.4 is 10.6 Å². The van der Waals surface area contributed by atoms with E-state index >= 15 is 0 Å². The number of carbonyl (C=O) groups excluding carboxylic acids is 1. The molecular formula is C10H19N3OS. The number of hydrogen-bond acceptors (Lipinski definition) is 4. The van der Waals surface area contributed by atoms with E-state index in [4.69, 9.17) is 0 Å². The fourth-order valence-corrected chi connectivity index (χ4v) is 1.97. The molecule has 0 spiro atoms. The minimum absolute atomic E-state index is 0.0118. The highest BCUT2D eigenvalue weighted by molar-refractivity contribution is 8.14. The summed E-state index contributed by atoms with van der Waals surface area (Å²) in [5, 5.41) is 6.91. The number of rotatable bonds is 2. The summed E-state index contributed by atoms with van der Waals surface area (Å²) in [5.41, 5.74) is -0.183. The van der Waals surface area contributed by atoms with Gasteiger partial charge in [-0.25, -0.2) is 0 Å². The minimum atomic E-state index is -0.228. The van der Waals surface area contributed by atoms with Crippen molar-refractivity contribution < 1.29 is 4.79 Å². The molecule has 1 rings (SSSR count). The van der Waals surface area contributed by atoms with Crippen molar-refractivity contribution in [2.75, 3.05) is 12.3 Å². The zero-order valence-electron chi connectivity index (χ0n) is 9.76. The summed E-state index contributed by atoms with van der Waals surface area (Å²) in [4.78, 5) is 16.0. The number of hydrogen-bond donors (Lipinski definition) is 2. The second kappa shape index (κ2) is 4.88. The van der Waals surface area contributed by atoms with E-state index < -0.39 is 0 Å². The van der Waals surface area contributed by atoms with Crippen molar-refractivity contribution in [3.8, 4) is 0 Å². The Kier molecular flexibility index (Phi) is 4.02. The summed E-state index contributed by atoms with van der Waals surface area (Å²) in [6, 6.07) is -0.228. The molecule has 1 amide bonds. The van der Waals surface area contributed by atoms with Gasteiger partial charge in [-0.15, -0.1) is 0 Å². The molecule has 0 aromatic heterocycles. The van der Waals surface area contributed by atoms with Crippen LogP contribution in [0.4, 0.5) is 0 Å². The molecule has 2 N–H and O–H groups in total. The molecule has 4 nitrogen and oxygen atoms in total. The predicted molar refractivity (Wildman–Crippen MR) is 65.3 cm³/mol. The lowest BCUT2D eigenvalue weighted by Gasteiger charge is -2.23. The first-order valence-corrected chi connectivity index (χ1v) is 6.13. The molecule has 0 aliphatic carbocycles. The zero-order valence-corrected chi connectivity index (χ0v) is 10.6. The average molecular weight is 229 g/mol. The lowest BCUT2D eigenvalue weighted by molar-refractivity contribution is -0.123. The van der Waals surface area contributed by atoms with E-state index in [1.54, 1.807) is 11.8 Å². The van der Waals surface area contributed by atoms with E-state index in [1.165, 1.54) is 0 Å². The second-order valence-corrected chi connectivity index (χ2v) is 5.72. The van der Waals surface area contributed by atoms with Crippen LogP contribution in [-0.2, 0) is 4.79 Å². The van der Waals surface area contributed by atoms with Crippen LogP contribution in [0, 0.1) is 0 Å². The minimum Gasteiger partial charge on any atom is -0.353 e. The first-order valence-electron chi connectivity index (χ1n) is 5.14. The van der Waals surface area contributed by atoms with Crippen LogP contribution in [0.25, 0.3) is 0 Å². The predicted octanol–water partition coefficient (Wildman–Crippen LogP) is 0.982. The van der Waals surface area contributed by atoms with Gasteiger partial charge < -0.3 is 10.6 Å². The van der Waals surface area contributed by atoms with Gasteiger partial charge in [-0.05, 0) is 27.7 Å². The molecule has 0 bridgehead atoms. The number of amidine groups is 1. The van der Waals surface area contributed by atoms with E-state index in [0.29, 0.717) is 0 Å². The Balaban J connectivity index is 2.39. The lowest BCUT2D eigenvalue weighted by Crippen LogP contribution is -2.50. The molecule has 0 aromatic carbocycles. The maximum Gasteiger partial charge on any atom is 0.242 e. The summed E-state index contributed by atoms with van der Waals surface area (Å²) in [6.07, 6.45) is 0. The van der Waals surface area contributed by atoms with Gasteiger partial charge in [0.1, 0.15) is 6.04 Å². The molecule has 0 saturated heterocycles. The van der Waals surface area contributed by atoms with Gasteiger partial charge in [0.15, 0.2) is 5.17 Å². The number of thioether (sulfide) groups is 1. The van der Waals surface area contributed by atoms with E-state index in [0.717, 1.165) is 17.5 Å². The fourth-order valence-electron chi connectivity index (χ4n) is 1.15. The lowest BCUT2D eigenvalue weighted by atomic mass is 10.1. The maximum atomic E-state index is 11.7. The average Bonchev–Trinajstić information content (AvgIpc) is 2.53. The second-order valence-electron chi connectivity index (χ2n) is 4.64. The quantitative estimate of drug-likeness (QED) is 0.742. The summed E-state index contributed by atoms with van der Waals surface area (Å²) in [7, 11) is 0. The topological polar surface area (TPSA) is 53.5 Å². The van der Waals surface area contributed by atoms with Crippen LogP contribution in [0.1, 0.15) is 27.7 Å². The monoisotopic (exact) mass is 229 g/mol. The van der Waals surface area contributed by atoms with Crippen molar-refractivity contribution in [3.05, 3.63) is 0 Å². The summed E-state index contributed by atoms with van der Waals surface area (Å²) >= 11 is 1.66. The third-order valence-corrected chi connectivity index (χ3v) is 2.72. The van der Waals surface area contributed by atoms with Crippen molar-refractivity contribution in [1.82, 2.24) is 10.6 Å². The van der Waals surface area contributed by atoms with Crippen LogP contribution >= 0.6 is 11.8 Å². The van der Waals surface area contributed by atoms with Gasteiger partial charge in [0.05, 0.1) is 6.54 Å². The van der Waals surface area contributed by atoms with E-state index in [9.17, 15) is 4.79 Å². The van der Waals surface area contributed by atoms with Gasteiger partial charge in [-0.1, -0.05) is 11.8 Å². The van der Waals surface area contributed by atoms with Crippen LogP contribution in [0.15, 0.2) is 4.99 Å². The van der Waals surface area contributed by atoms with E-state index in [-0.39, 0.29) is 17.5 Å². The van der Waals surface area contributed by atoms with Gasteiger partial charge in [-0.3, -0.25) is 9.79 Å². The number of amides is 1. The Hall–Kier alpha value is -0.710. The number of aliphatic imine (C=N–C) groups is 1. The van der Waals surface area contributed by atoms with Crippen LogP contribution in [-0.4, -0.2) is 35.0 Å². The number of carbonyl (C=O) groups is 1. The largest absolute Gasteiger partial charge is 0.353 e. The summed E-state index contributed by atoms with van der Waals surface area (Å²) < 4.78 is 0. The van der Waals surface area contributed by atoms with Gasteiger partial charge in [0, 0.05) is 11.3 Å². The highest BCUT2D eigenvalue weighted by Gasteiger charge is 2.20. The Morgan fingerprint density at radius 3 is 2.67 bits per heavy atom. The molecule has 0 saturated carbocycles. The molecule has 1 aliphatic rings. The first kappa shape index (κ1) is 12.4. The third-order valence-electron chi connectivity index (χ3n) is 1.82. The van der Waals surface area contributed by atoms with Crippen LogP contribution in [0.3, 0.4) is 0 Å². The van der Waals surface area contributed by atoms with Gasteiger partial charge in [0.2, 0.25) is 5.91 Å². The Bertz CT molecular complexity index is 270. The van der Waals surface area contributed by atoms with Crippen molar-refractivity contribution in [1.29, 1.82) is 0 Å². The molecule has 1 aliphatic heterocycles. The molecule has 0 aromatic rings. The van der Waals surface area contributed by atoms with Crippen molar-refractivity contribution in [3.63, 3.8) is 0 Å². The highest BCUT2D eigenvalue weighted by atomic mass is 32.2. The standard InChI is InChI=1S/C10H19N3OS/c1-7(8(14)13-10(2,3)4)12-9-11-5-6-15-9/h7H,5-6H2,1-4H3,(H,11,12)(H,13,14). The molecule has 1 heterocycles. The third kappa shape index (κ3) is 4.55. The molecule has 0 radical (unpaired) electrons. The van der Waals surface area contributed by atoms with Crippen molar-refractivity contribution >= 4 is 22.8 Å². The highest BCUT2D eigenvalue weighted by Crippen LogP contribution is 2.09. The van der Waals surface area contributed by atoms with Gasteiger partial charge >= 0.3 is 0 Å².